The molecule has 0 aromatic carbocycles. The summed E-state index contributed by atoms with van der Waals surface area (Å²) in [5.74, 6) is -0.148. The van der Waals surface area contributed by atoms with Crippen LogP contribution in [0.5, 0.6) is 0 Å². The van der Waals surface area contributed by atoms with E-state index in [0.29, 0.717) is 11.7 Å². The lowest BCUT2D eigenvalue weighted by Crippen LogP contribution is -2.18. The van der Waals surface area contributed by atoms with E-state index in [2.05, 4.69) is 20.8 Å². The molecular formula is C9H14N4O. The second-order valence-corrected chi connectivity index (χ2v) is 3.44. The summed E-state index contributed by atoms with van der Waals surface area (Å²) in [6.45, 7) is 1.04. The number of carbonyl (C=O) groups excluding carboxylic acids is 1. The van der Waals surface area contributed by atoms with Crippen LogP contribution in [0.4, 0.5) is 0 Å². The van der Waals surface area contributed by atoms with Crippen LogP contribution in [-0.2, 0) is 0 Å². The van der Waals surface area contributed by atoms with Crippen molar-refractivity contribution in [1.29, 1.82) is 0 Å². The average Bonchev–Trinajstić information content (AvgIpc) is 2.86. The number of hydrogen-bond donors (Lipinski definition) is 3. The molecule has 3 N–H and O–H groups in total. The fourth-order valence-corrected chi connectivity index (χ4v) is 1.71. The topological polar surface area (TPSA) is 69.8 Å². The zero-order valence-electron chi connectivity index (χ0n) is 8.13. The molecule has 1 saturated heterocycles. The molecule has 0 spiro atoms. The minimum absolute atomic E-state index is 0.148. The van der Waals surface area contributed by atoms with Crippen LogP contribution in [0, 0.1) is 0 Å². The summed E-state index contributed by atoms with van der Waals surface area (Å²) >= 11 is 0. The monoisotopic (exact) mass is 194 g/mol. The van der Waals surface area contributed by atoms with Crippen LogP contribution in [0.1, 0.15) is 35.1 Å². The van der Waals surface area contributed by atoms with E-state index in [9.17, 15) is 4.79 Å². The molecule has 0 bridgehead atoms. The van der Waals surface area contributed by atoms with Crippen molar-refractivity contribution in [3.8, 4) is 0 Å². The van der Waals surface area contributed by atoms with Crippen molar-refractivity contribution in [2.24, 2.45) is 0 Å². The largest absolute Gasteiger partial charge is 0.354 e. The van der Waals surface area contributed by atoms with Gasteiger partial charge >= 0.3 is 0 Å². The molecule has 5 nitrogen and oxygen atoms in total. The van der Waals surface area contributed by atoms with Gasteiger partial charge in [-0.2, -0.15) is 5.10 Å². The molecule has 1 aliphatic heterocycles. The zero-order valence-corrected chi connectivity index (χ0v) is 8.13. The SMILES string of the molecule is CNC(=O)c1cc([C@H]2CCCN2)[nH]n1. The molecule has 0 radical (unpaired) electrons. The van der Waals surface area contributed by atoms with Gasteiger partial charge in [0.1, 0.15) is 5.69 Å². The Balaban J connectivity index is 2.12. The molecule has 1 aromatic heterocycles. The lowest BCUT2D eigenvalue weighted by Gasteiger charge is -2.04. The molecule has 5 heteroatoms. The summed E-state index contributed by atoms with van der Waals surface area (Å²) in [6.07, 6.45) is 2.29. The third kappa shape index (κ3) is 1.63. The lowest BCUT2D eigenvalue weighted by atomic mass is 10.1. The van der Waals surface area contributed by atoms with Gasteiger partial charge in [0.05, 0.1) is 5.69 Å². The highest BCUT2D eigenvalue weighted by Crippen LogP contribution is 2.21. The summed E-state index contributed by atoms with van der Waals surface area (Å²) < 4.78 is 0. The van der Waals surface area contributed by atoms with Crippen LogP contribution in [0.25, 0.3) is 0 Å². The van der Waals surface area contributed by atoms with E-state index in [1.807, 2.05) is 6.07 Å². The van der Waals surface area contributed by atoms with Crippen molar-refractivity contribution < 1.29 is 4.79 Å². The van der Waals surface area contributed by atoms with Gasteiger partial charge in [0.15, 0.2) is 0 Å². The second kappa shape index (κ2) is 3.79. The van der Waals surface area contributed by atoms with Gasteiger partial charge in [-0.3, -0.25) is 9.89 Å². The molecule has 14 heavy (non-hydrogen) atoms. The van der Waals surface area contributed by atoms with Gasteiger partial charge in [0.2, 0.25) is 0 Å². The predicted octanol–water partition coefficient (Wildman–Crippen LogP) is 0.194. The molecule has 0 unspecified atom stereocenters. The fraction of sp³-hybridized carbons (Fsp3) is 0.556. The number of aromatic nitrogens is 2. The van der Waals surface area contributed by atoms with Crippen LogP contribution >= 0.6 is 0 Å². The Labute approximate surface area is 82.3 Å². The van der Waals surface area contributed by atoms with Crippen molar-refractivity contribution in [2.45, 2.75) is 18.9 Å². The Hall–Kier alpha value is -1.36. The standard InChI is InChI=1S/C9H14N4O/c1-10-9(14)8-5-7(12-13-8)6-3-2-4-11-6/h5-6,11H,2-4H2,1H3,(H,10,14)(H,12,13)/t6-/m1/s1. The number of carbonyl (C=O) groups is 1. The van der Waals surface area contributed by atoms with E-state index in [4.69, 9.17) is 0 Å². The highest BCUT2D eigenvalue weighted by Gasteiger charge is 2.19. The predicted molar refractivity (Wildman–Crippen MR) is 52.0 cm³/mol. The van der Waals surface area contributed by atoms with Crippen LogP contribution in [-0.4, -0.2) is 29.7 Å². The molecule has 1 aromatic rings. The van der Waals surface area contributed by atoms with Gasteiger partial charge in [0, 0.05) is 13.1 Å². The number of nitrogens with zero attached hydrogens (tertiary/aromatic N) is 1. The van der Waals surface area contributed by atoms with Crippen LogP contribution < -0.4 is 10.6 Å². The third-order valence-electron chi connectivity index (χ3n) is 2.49. The molecule has 76 valence electrons. The van der Waals surface area contributed by atoms with Crippen molar-refractivity contribution in [3.05, 3.63) is 17.5 Å². The van der Waals surface area contributed by atoms with Crippen molar-refractivity contribution in [3.63, 3.8) is 0 Å². The van der Waals surface area contributed by atoms with Crippen LogP contribution in [0.2, 0.25) is 0 Å². The fourth-order valence-electron chi connectivity index (χ4n) is 1.71. The maximum Gasteiger partial charge on any atom is 0.271 e. The number of rotatable bonds is 2. The van der Waals surface area contributed by atoms with Gasteiger partial charge in [0.25, 0.3) is 5.91 Å². The highest BCUT2D eigenvalue weighted by atomic mass is 16.1. The first kappa shape index (κ1) is 9.21. The Bertz CT molecular complexity index is 327. The lowest BCUT2D eigenvalue weighted by molar-refractivity contribution is 0.0958. The summed E-state index contributed by atoms with van der Waals surface area (Å²) in [7, 11) is 1.60. The molecule has 2 heterocycles. The van der Waals surface area contributed by atoms with Crippen LogP contribution in [0.15, 0.2) is 6.07 Å². The van der Waals surface area contributed by atoms with Crippen LogP contribution in [0.3, 0.4) is 0 Å². The van der Waals surface area contributed by atoms with Gasteiger partial charge in [-0.05, 0) is 25.5 Å². The van der Waals surface area contributed by atoms with Gasteiger partial charge in [-0.25, -0.2) is 0 Å². The van der Waals surface area contributed by atoms with Crippen molar-refractivity contribution in [1.82, 2.24) is 20.8 Å². The summed E-state index contributed by atoms with van der Waals surface area (Å²) in [5, 5.41) is 12.7. The maximum absolute atomic E-state index is 11.2. The normalized spacial score (nSPS) is 21.1. The minimum Gasteiger partial charge on any atom is -0.354 e. The van der Waals surface area contributed by atoms with Gasteiger partial charge in [-0.15, -0.1) is 0 Å². The van der Waals surface area contributed by atoms with E-state index in [0.717, 1.165) is 18.7 Å². The van der Waals surface area contributed by atoms with E-state index in [1.54, 1.807) is 7.05 Å². The van der Waals surface area contributed by atoms with E-state index >= 15 is 0 Å². The van der Waals surface area contributed by atoms with Gasteiger partial charge in [-0.1, -0.05) is 0 Å². The molecule has 0 saturated carbocycles. The first-order valence-corrected chi connectivity index (χ1v) is 4.82. The first-order valence-electron chi connectivity index (χ1n) is 4.82. The molecule has 1 aliphatic rings. The number of H-pyrrole nitrogens is 1. The minimum atomic E-state index is -0.148. The number of nitrogens with one attached hydrogen (secondary N) is 3. The smallest absolute Gasteiger partial charge is 0.271 e. The van der Waals surface area contributed by atoms with E-state index in [-0.39, 0.29) is 5.91 Å². The third-order valence-corrected chi connectivity index (χ3v) is 2.49. The Morgan fingerprint density at radius 2 is 2.57 bits per heavy atom. The zero-order chi connectivity index (χ0) is 9.97. The second-order valence-electron chi connectivity index (χ2n) is 3.44. The molecule has 1 atom stereocenters. The van der Waals surface area contributed by atoms with E-state index in [1.165, 1.54) is 6.42 Å². The Morgan fingerprint density at radius 1 is 1.71 bits per heavy atom. The molecular weight excluding hydrogens is 180 g/mol. The number of amides is 1. The Kier molecular flexibility index (Phi) is 2.49. The average molecular weight is 194 g/mol. The molecule has 2 rings (SSSR count). The summed E-state index contributed by atoms with van der Waals surface area (Å²) in [5.41, 5.74) is 1.46. The van der Waals surface area contributed by atoms with Crippen molar-refractivity contribution >= 4 is 5.91 Å². The quantitative estimate of drug-likeness (QED) is 0.629. The molecule has 0 aliphatic carbocycles. The number of aromatic amines is 1. The highest BCUT2D eigenvalue weighted by molar-refractivity contribution is 5.92. The number of hydrogen-bond acceptors (Lipinski definition) is 3. The van der Waals surface area contributed by atoms with E-state index < -0.39 is 0 Å². The van der Waals surface area contributed by atoms with Crippen molar-refractivity contribution in [2.75, 3.05) is 13.6 Å². The maximum atomic E-state index is 11.2. The Morgan fingerprint density at radius 3 is 3.21 bits per heavy atom. The molecule has 1 amide bonds. The first-order chi connectivity index (χ1) is 6.81. The summed E-state index contributed by atoms with van der Waals surface area (Å²) in [4.78, 5) is 11.2. The summed E-state index contributed by atoms with van der Waals surface area (Å²) in [6, 6.07) is 2.14. The molecule has 1 fully saturated rings. The van der Waals surface area contributed by atoms with Gasteiger partial charge < -0.3 is 10.6 Å².